The summed E-state index contributed by atoms with van der Waals surface area (Å²) < 4.78 is 5.24. The van der Waals surface area contributed by atoms with Gasteiger partial charge in [0.25, 0.3) is 0 Å². The highest BCUT2D eigenvalue weighted by atomic mass is 16.3. The molecule has 2 heterocycles. The molecule has 5 nitrogen and oxygen atoms in total. The van der Waals surface area contributed by atoms with Gasteiger partial charge in [-0.05, 0) is 25.0 Å². The first-order valence-corrected chi connectivity index (χ1v) is 6.82. The number of hydrogen-bond acceptors (Lipinski definition) is 3. The zero-order valence-electron chi connectivity index (χ0n) is 11.2. The van der Waals surface area contributed by atoms with Crippen LogP contribution in [-0.2, 0) is 16.1 Å². The van der Waals surface area contributed by atoms with E-state index in [4.69, 9.17) is 4.42 Å². The largest absolute Gasteiger partial charge is 0.467 e. The molecular formula is C14H20N2O3. The van der Waals surface area contributed by atoms with E-state index in [-0.39, 0.29) is 17.9 Å². The van der Waals surface area contributed by atoms with E-state index in [1.54, 1.807) is 17.2 Å². The van der Waals surface area contributed by atoms with Crippen LogP contribution >= 0.6 is 0 Å². The third-order valence-corrected chi connectivity index (χ3v) is 3.37. The van der Waals surface area contributed by atoms with Gasteiger partial charge in [-0.2, -0.15) is 0 Å². The van der Waals surface area contributed by atoms with Crippen LogP contribution in [-0.4, -0.2) is 29.3 Å². The molecule has 1 atom stereocenters. The Hall–Kier alpha value is -1.78. The van der Waals surface area contributed by atoms with Crippen LogP contribution in [0, 0.1) is 0 Å². The highest BCUT2D eigenvalue weighted by Gasteiger charge is 2.36. The number of amides is 2. The van der Waals surface area contributed by atoms with Crippen molar-refractivity contribution in [3.05, 3.63) is 24.2 Å². The molecule has 1 fully saturated rings. The standard InChI is InChI=1S/C14H20N2O3/c1-2-3-8-15-14(18)12-6-7-13(17)16(12)10-11-5-4-9-19-11/h4-5,9,12H,2-3,6-8,10H2,1H3,(H,15,18)/t12-/m1/s1. The SMILES string of the molecule is CCCCNC(=O)[C@H]1CCC(=O)N1Cc1ccco1. The summed E-state index contributed by atoms with van der Waals surface area (Å²) in [6.07, 6.45) is 4.61. The maximum Gasteiger partial charge on any atom is 0.242 e. The van der Waals surface area contributed by atoms with Crippen molar-refractivity contribution < 1.29 is 14.0 Å². The molecule has 0 radical (unpaired) electrons. The molecule has 1 saturated heterocycles. The molecule has 1 aromatic heterocycles. The van der Waals surface area contributed by atoms with Crippen LogP contribution in [0.15, 0.2) is 22.8 Å². The van der Waals surface area contributed by atoms with Gasteiger partial charge >= 0.3 is 0 Å². The van der Waals surface area contributed by atoms with Crippen molar-refractivity contribution in [1.29, 1.82) is 0 Å². The fraction of sp³-hybridized carbons (Fsp3) is 0.571. The summed E-state index contributed by atoms with van der Waals surface area (Å²) in [6, 6.07) is 3.25. The lowest BCUT2D eigenvalue weighted by Crippen LogP contribution is -2.44. The number of nitrogens with zero attached hydrogens (tertiary/aromatic N) is 1. The lowest BCUT2D eigenvalue weighted by Gasteiger charge is -2.23. The monoisotopic (exact) mass is 264 g/mol. The van der Waals surface area contributed by atoms with E-state index in [1.165, 1.54) is 0 Å². The van der Waals surface area contributed by atoms with Crippen LogP contribution in [0.2, 0.25) is 0 Å². The van der Waals surface area contributed by atoms with Crippen molar-refractivity contribution in [1.82, 2.24) is 10.2 Å². The Bertz CT molecular complexity index is 428. The fourth-order valence-electron chi connectivity index (χ4n) is 2.28. The van der Waals surface area contributed by atoms with Crippen molar-refractivity contribution in [3.63, 3.8) is 0 Å². The summed E-state index contributed by atoms with van der Waals surface area (Å²) in [4.78, 5) is 25.5. The maximum absolute atomic E-state index is 12.1. The van der Waals surface area contributed by atoms with E-state index in [0.717, 1.165) is 12.8 Å². The number of unbranched alkanes of at least 4 members (excludes halogenated alkanes) is 1. The number of likely N-dealkylation sites (tertiary alicyclic amines) is 1. The number of furan rings is 1. The minimum atomic E-state index is -0.352. The second kappa shape index (κ2) is 6.41. The molecular weight excluding hydrogens is 244 g/mol. The molecule has 5 heteroatoms. The lowest BCUT2D eigenvalue weighted by atomic mass is 10.2. The molecule has 1 aliphatic heterocycles. The number of nitrogens with one attached hydrogen (secondary N) is 1. The number of rotatable bonds is 6. The average Bonchev–Trinajstić information content (AvgIpc) is 3.02. The molecule has 0 spiro atoms. The number of carbonyl (C=O) groups is 2. The van der Waals surface area contributed by atoms with Gasteiger partial charge in [-0.15, -0.1) is 0 Å². The van der Waals surface area contributed by atoms with Gasteiger partial charge in [0.05, 0.1) is 12.8 Å². The van der Waals surface area contributed by atoms with Crippen molar-refractivity contribution in [2.75, 3.05) is 6.54 Å². The van der Waals surface area contributed by atoms with Crippen molar-refractivity contribution in [2.45, 2.75) is 45.2 Å². The summed E-state index contributed by atoms with van der Waals surface area (Å²) >= 11 is 0. The summed E-state index contributed by atoms with van der Waals surface area (Å²) in [7, 11) is 0. The second-order valence-electron chi connectivity index (χ2n) is 4.80. The van der Waals surface area contributed by atoms with Gasteiger partial charge in [0.1, 0.15) is 11.8 Å². The Kier molecular flexibility index (Phi) is 4.60. The molecule has 0 aromatic carbocycles. The summed E-state index contributed by atoms with van der Waals surface area (Å²) in [5, 5.41) is 2.89. The molecule has 2 rings (SSSR count). The third-order valence-electron chi connectivity index (χ3n) is 3.37. The van der Waals surface area contributed by atoms with Gasteiger partial charge < -0.3 is 14.6 Å². The van der Waals surface area contributed by atoms with Crippen LogP contribution in [0.5, 0.6) is 0 Å². The van der Waals surface area contributed by atoms with Crippen molar-refractivity contribution in [3.8, 4) is 0 Å². The highest BCUT2D eigenvalue weighted by molar-refractivity contribution is 5.90. The van der Waals surface area contributed by atoms with Crippen LogP contribution in [0.1, 0.15) is 38.4 Å². The quantitative estimate of drug-likeness (QED) is 0.795. The molecule has 1 aromatic rings. The molecule has 1 N–H and O–H groups in total. The Morgan fingerprint density at radius 1 is 1.58 bits per heavy atom. The smallest absolute Gasteiger partial charge is 0.242 e. The minimum Gasteiger partial charge on any atom is -0.467 e. The van der Waals surface area contributed by atoms with Gasteiger partial charge in [-0.3, -0.25) is 9.59 Å². The minimum absolute atomic E-state index is 0.0204. The Morgan fingerprint density at radius 3 is 3.11 bits per heavy atom. The molecule has 2 amide bonds. The summed E-state index contributed by atoms with van der Waals surface area (Å²) in [6.45, 7) is 3.13. The van der Waals surface area contributed by atoms with E-state index < -0.39 is 0 Å². The second-order valence-corrected chi connectivity index (χ2v) is 4.80. The van der Waals surface area contributed by atoms with E-state index in [1.807, 2.05) is 6.07 Å². The lowest BCUT2D eigenvalue weighted by molar-refractivity contribution is -0.136. The molecule has 0 bridgehead atoms. The normalized spacial score (nSPS) is 18.9. The highest BCUT2D eigenvalue weighted by Crippen LogP contribution is 2.21. The molecule has 0 unspecified atom stereocenters. The van der Waals surface area contributed by atoms with Crippen LogP contribution in [0.3, 0.4) is 0 Å². The first kappa shape index (κ1) is 13.6. The predicted octanol–water partition coefficient (Wildman–Crippen LogP) is 1.69. The van der Waals surface area contributed by atoms with Crippen LogP contribution < -0.4 is 5.32 Å². The maximum atomic E-state index is 12.1. The topological polar surface area (TPSA) is 62.6 Å². The van der Waals surface area contributed by atoms with E-state index in [2.05, 4.69) is 12.2 Å². The van der Waals surface area contributed by atoms with Crippen LogP contribution in [0.25, 0.3) is 0 Å². The predicted molar refractivity (Wildman–Crippen MR) is 70.2 cm³/mol. The number of hydrogen-bond donors (Lipinski definition) is 1. The zero-order valence-corrected chi connectivity index (χ0v) is 11.2. The first-order valence-electron chi connectivity index (χ1n) is 6.82. The Labute approximate surface area is 113 Å². The molecule has 1 aliphatic rings. The summed E-state index contributed by atoms with van der Waals surface area (Å²) in [5.41, 5.74) is 0. The molecule has 0 aliphatic carbocycles. The van der Waals surface area contributed by atoms with Gasteiger partial charge in [0.15, 0.2) is 0 Å². The zero-order chi connectivity index (χ0) is 13.7. The van der Waals surface area contributed by atoms with E-state index in [9.17, 15) is 9.59 Å². The van der Waals surface area contributed by atoms with E-state index >= 15 is 0 Å². The van der Waals surface area contributed by atoms with Gasteiger partial charge in [-0.1, -0.05) is 13.3 Å². The first-order chi connectivity index (χ1) is 9.22. The van der Waals surface area contributed by atoms with Crippen LogP contribution in [0.4, 0.5) is 0 Å². The molecule has 19 heavy (non-hydrogen) atoms. The van der Waals surface area contributed by atoms with Gasteiger partial charge in [-0.25, -0.2) is 0 Å². The van der Waals surface area contributed by atoms with Crippen molar-refractivity contribution in [2.24, 2.45) is 0 Å². The number of carbonyl (C=O) groups excluding carboxylic acids is 2. The third kappa shape index (κ3) is 3.36. The molecule has 104 valence electrons. The van der Waals surface area contributed by atoms with E-state index in [0.29, 0.717) is 31.7 Å². The fourth-order valence-corrected chi connectivity index (χ4v) is 2.28. The van der Waals surface area contributed by atoms with Gasteiger partial charge in [0.2, 0.25) is 11.8 Å². The van der Waals surface area contributed by atoms with Gasteiger partial charge in [0, 0.05) is 13.0 Å². The Balaban J connectivity index is 1.94. The average molecular weight is 264 g/mol. The molecule has 0 saturated carbocycles. The Morgan fingerprint density at radius 2 is 2.42 bits per heavy atom. The summed E-state index contributed by atoms with van der Waals surface area (Å²) in [5.74, 6) is 0.680. The van der Waals surface area contributed by atoms with Crippen molar-refractivity contribution >= 4 is 11.8 Å².